The Bertz CT molecular complexity index is 315. The number of nitrogens with one attached hydrogen (secondary N) is 1. The van der Waals surface area contributed by atoms with Gasteiger partial charge in [0.05, 0.1) is 12.2 Å². The fourth-order valence-corrected chi connectivity index (χ4v) is 3.07. The molecular formula is C15H29N3O. The van der Waals surface area contributed by atoms with Crippen molar-refractivity contribution in [3.63, 3.8) is 0 Å². The predicted octanol–water partition coefficient (Wildman–Crippen LogP) is 1.66. The van der Waals surface area contributed by atoms with E-state index in [-0.39, 0.29) is 12.2 Å². The molecular weight excluding hydrogens is 238 g/mol. The van der Waals surface area contributed by atoms with Gasteiger partial charge in [-0.2, -0.15) is 0 Å². The van der Waals surface area contributed by atoms with Gasteiger partial charge in [0.1, 0.15) is 0 Å². The van der Waals surface area contributed by atoms with Crippen LogP contribution in [0, 0.1) is 5.92 Å². The van der Waals surface area contributed by atoms with E-state index in [9.17, 15) is 4.79 Å². The highest BCUT2D eigenvalue weighted by molar-refractivity contribution is 5.84. The number of hydrogen-bond donors (Lipinski definition) is 1. The fraction of sp³-hybridized carbons (Fsp3) is 0.933. The summed E-state index contributed by atoms with van der Waals surface area (Å²) in [6.45, 7) is 11.7. The largest absolute Gasteiger partial charge is 0.324 e. The number of hydrogen-bond acceptors (Lipinski definition) is 3. The Morgan fingerprint density at radius 2 is 2.05 bits per heavy atom. The lowest BCUT2D eigenvalue weighted by Crippen LogP contribution is -2.45. The van der Waals surface area contributed by atoms with Crippen LogP contribution in [-0.4, -0.2) is 53.6 Å². The molecule has 2 unspecified atom stereocenters. The van der Waals surface area contributed by atoms with Crippen molar-refractivity contribution >= 4 is 5.91 Å². The SMILES string of the molecule is CCC1NC(C(C)C)N(CCN(CC)C2CC2)C1=O. The smallest absolute Gasteiger partial charge is 0.241 e. The minimum absolute atomic E-state index is 0.0309. The molecule has 1 saturated heterocycles. The van der Waals surface area contributed by atoms with Gasteiger partial charge in [0, 0.05) is 19.1 Å². The third kappa shape index (κ3) is 3.29. The zero-order valence-corrected chi connectivity index (χ0v) is 12.9. The van der Waals surface area contributed by atoms with Gasteiger partial charge >= 0.3 is 0 Å². The van der Waals surface area contributed by atoms with Crippen molar-refractivity contribution in [1.29, 1.82) is 0 Å². The molecule has 4 heteroatoms. The molecule has 1 aliphatic carbocycles. The van der Waals surface area contributed by atoms with Crippen LogP contribution in [0.25, 0.3) is 0 Å². The average molecular weight is 267 g/mol. The maximum atomic E-state index is 12.4. The summed E-state index contributed by atoms with van der Waals surface area (Å²) in [4.78, 5) is 17.0. The third-order valence-electron chi connectivity index (χ3n) is 4.43. The van der Waals surface area contributed by atoms with Crippen molar-refractivity contribution in [3.05, 3.63) is 0 Å². The first-order chi connectivity index (χ1) is 9.08. The summed E-state index contributed by atoms with van der Waals surface area (Å²) in [6.07, 6.45) is 3.78. The van der Waals surface area contributed by atoms with E-state index in [0.717, 1.165) is 32.1 Å². The molecule has 19 heavy (non-hydrogen) atoms. The van der Waals surface area contributed by atoms with E-state index in [2.05, 4.69) is 42.8 Å². The number of rotatable bonds is 7. The lowest BCUT2D eigenvalue weighted by Gasteiger charge is -2.30. The molecule has 0 aromatic heterocycles. The standard InChI is InChI=1S/C15H29N3O/c1-5-13-15(19)18(14(16-13)11(3)4)10-9-17(6-2)12-7-8-12/h11-14,16H,5-10H2,1-4H3. The highest BCUT2D eigenvalue weighted by atomic mass is 16.2. The summed E-state index contributed by atoms with van der Waals surface area (Å²) in [6, 6.07) is 0.818. The summed E-state index contributed by atoms with van der Waals surface area (Å²) >= 11 is 0. The van der Waals surface area contributed by atoms with Crippen LogP contribution >= 0.6 is 0 Å². The molecule has 1 N–H and O–H groups in total. The first kappa shape index (κ1) is 14.8. The van der Waals surface area contributed by atoms with Gasteiger partial charge in [0.25, 0.3) is 0 Å². The molecule has 2 rings (SSSR count). The van der Waals surface area contributed by atoms with Crippen molar-refractivity contribution in [1.82, 2.24) is 15.1 Å². The first-order valence-corrected chi connectivity index (χ1v) is 7.89. The molecule has 0 aromatic rings. The molecule has 110 valence electrons. The van der Waals surface area contributed by atoms with Crippen LogP contribution in [0.4, 0.5) is 0 Å². The molecule has 1 aliphatic heterocycles. The molecule has 0 spiro atoms. The average Bonchev–Trinajstić information content (AvgIpc) is 3.16. The number of likely N-dealkylation sites (N-methyl/N-ethyl adjacent to an activating group) is 1. The van der Waals surface area contributed by atoms with Gasteiger partial charge in [-0.05, 0) is 31.7 Å². The van der Waals surface area contributed by atoms with Crippen molar-refractivity contribution in [2.24, 2.45) is 5.92 Å². The third-order valence-corrected chi connectivity index (χ3v) is 4.43. The molecule has 1 heterocycles. The number of amides is 1. The summed E-state index contributed by atoms with van der Waals surface area (Å²) in [7, 11) is 0. The maximum Gasteiger partial charge on any atom is 0.241 e. The van der Waals surface area contributed by atoms with E-state index in [0.29, 0.717) is 11.8 Å². The molecule has 4 nitrogen and oxygen atoms in total. The zero-order valence-electron chi connectivity index (χ0n) is 12.9. The van der Waals surface area contributed by atoms with E-state index in [4.69, 9.17) is 0 Å². The van der Waals surface area contributed by atoms with Crippen LogP contribution in [0.15, 0.2) is 0 Å². The Kier molecular flexibility index (Phi) is 4.85. The molecule has 1 saturated carbocycles. The lowest BCUT2D eigenvalue weighted by molar-refractivity contribution is -0.130. The van der Waals surface area contributed by atoms with Gasteiger partial charge in [0.15, 0.2) is 0 Å². The van der Waals surface area contributed by atoms with Crippen molar-refractivity contribution in [2.75, 3.05) is 19.6 Å². The van der Waals surface area contributed by atoms with Gasteiger partial charge in [0.2, 0.25) is 5.91 Å². The van der Waals surface area contributed by atoms with Gasteiger partial charge in [-0.3, -0.25) is 15.0 Å². The lowest BCUT2D eigenvalue weighted by atomic mass is 10.1. The molecule has 0 radical (unpaired) electrons. The van der Waals surface area contributed by atoms with Crippen LogP contribution in [0.2, 0.25) is 0 Å². The van der Waals surface area contributed by atoms with Crippen molar-refractivity contribution in [2.45, 2.75) is 65.2 Å². The Balaban J connectivity index is 1.93. The van der Waals surface area contributed by atoms with Gasteiger partial charge in [-0.15, -0.1) is 0 Å². The van der Waals surface area contributed by atoms with E-state index < -0.39 is 0 Å². The van der Waals surface area contributed by atoms with Crippen LogP contribution in [0.1, 0.15) is 47.0 Å². The van der Waals surface area contributed by atoms with Gasteiger partial charge in [-0.25, -0.2) is 0 Å². The fourth-order valence-electron chi connectivity index (χ4n) is 3.07. The highest BCUT2D eigenvalue weighted by Gasteiger charge is 2.39. The van der Waals surface area contributed by atoms with E-state index in [1.54, 1.807) is 0 Å². The summed E-state index contributed by atoms with van der Waals surface area (Å²) in [5.74, 6) is 0.768. The molecule has 0 aromatic carbocycles. The minimum Gasteiger partial charge on any atom is -0.324 e. The monoisotopic (exact) mass is 267 g/mol. The molecule has 0 bridgehead atoms. The number of carbonyl (C=O) groups is 1. The van der Waals surface area contributed by atoms with E-state index in [1.165, 1.54) is 12.8 Å². The summed E-state index contributed by atoms with van der Waals surface area (Å²) < 4.78 is 0. The second-order valence-electron chi connectivity index (χ2n) is 6.21. The Morgan fingerprint density at radius 1 is 1.37 bits per heavy atom. The minimum atomic E-state index is 0.0309. The Morgan fingerprint density at radius 3 is 2.53 bits per heavy atom. The first-order valence-electron chi connectivity index (χ1n) is 7.89. The molecule has 1 amide bonds. The van der Waals surface area contributed by atoms with Gasteiger partial charge in [-0.1, -0.05) is 27.7 Å². The second kappa shape index (κ2) is 6.23. The molecule has 2 aliphatic rings. The highest BCUT2D eigenvalue weighted by Crippen LogP contribution is 2.27. The maximum absolute atomic E-state index is 12.4. The van der Waals surface area contributed by atoms with Gasteiger partial charge < -0.3 is 4.90 Å². The van der Waals surface area contributed by atoms with Crippen LogP contribution in [-0.2, 0) is 4.79 Å². The van der Waals surface area contributed by atoms with Crippen LogP contribution in [0.5, 0.6) is 0 Å². The van der Waals surface area contributed by atoms with Crippen LogP contribution in [0.3, 0.4) is 0 Å². The second-order valence-corrected chi connectivity index (χ2v) is 6.21. The van der Waals surface area contributed by atoms with Crippen molar-refractivity contribution < 1.29 is 4.79 Å². The molecule has 2 atom stereocenters. The Hall–Kier alpha value is -0.610. The number of carbonyl (C=O) groups excluding carboxylic acids is 1. The predicted molar refractivity (Wildman–Crippen MR) is 77.8 cm³/mol. The Labute approximate surface area is 117 Å². The number of nitrogens with zero attached hydrogens (tertiary/aromatic N) is 2. The van der Waals surface area contributed by atoms with E-state index in [1.807, 2.05) is 0 Å². The zero-order chi connectivity index (χ0) is 14.0. The van der Waals surface area contributed by atoms with Crippen molar-refractivity contribution in [3.8, 4) is 0 Å². The summed E-state index contributed by atoms with van der Waals surface area (Å²) in [5.41, 5.74) is 0. The quantitative estimate of drug-likeness (QED) is 0.762. The van der Waals surface area contributed by atoms with Crippen LogP contribution < -0.4 is 5.32 Å². The normalized spacial score (nSPS) is 27.9. The molecule has 2 fully saturated rings. The summed E-state index contributed by atoms with van der Waals surface area (Å²) in [5, 5.41) is 3.48. The topological polar surface area (TPSA) is 35.6 Å². The van der Waals surface area contributed by atoms with E-state index >= 15 is 0 Å².